The minimum Gasteiger partial charge on any atom is -0.370 e. The molecule has 1 fully saturated rings. The van der Waals surface area contributed by atoms with Gasteiger partial charge in [0.15, 0.2) is 5.78 Å². The highest BCUT2D eigenvalue weighted by atomic mass is 35.5. The molecule has 0 radical (unpaired) electrons. The van der Waals surface area contributed by atoms with Gasteiger partial charge < -0.3 is 4.74 Å². The van der Waals surface area contributed by atoms with Crippen molar-refractivity contribution >= 4 is 40.3 Å². The number of ether oxygens (including phenoxy) is 1. The Labute approximate surface area is 109 Å². The number of hydrogen-bond donors (Lipinski definition) is 0. The third kappa shape index (κ3) is 2.98. The first-order valence-electron chi connectivity index (χ1n) is 5.26. The Morgan fingerprint density at radius 1 is 1.44 bits per heavy atom. The topological polar surface area (TPSA) is 26.3 Å². The van der Waals surface area contributed by atoms with Gasteiger partial charge in [-0.05, 0) is 18.9 Å². The molecule has 0 aromatic carbocycles. The molecule has 0 N–H and O–H groups in total. The number of thiophene rings is 1. The number of halogens is 2. The van der Waals surface area contributed by atoms with Crippen LogP contribution in [0.2, 0.25) is 8.67 Å². The van der Waals surface area contributed by atoms with Crippen LogP contribution in [0.25, 0.3) is 0 Å². The first-order valence-corrected chi connectivity index (χ1v) is 6.83. The molecule has 1 aliphatic carbocycles. The molecule has 1 aromatic heterocycles. The van der Waals surface area contributed by atoms with E-state index in [4.69, 9.17) is 27.9 Å². The molecule has 2 rings (SSSR count). The van der Waals surface area contributed by atoms with Crippen molar-refractivity contribution in [2.24, 2.45) is 0 Å². The average Bonchev–Trinajstić information content (AvgIpc) is 2.84. The molecule has 0 aliphatic heterocycles. The first-order chi connectivity index (χ1) is 7.66. The van der Waals surface area contributed by atoms with Crippen LogP contribution in [0.4, 0.5) is 0 Å². The number of ketones is 1. The Morgan fingerprint density at radius 3 is 2.69 bits per heavy atom. The van der Waals surface area contributed by atoms with Gasteiger partial charge in [0.1, 0.15) is 10.9 Å². The van der Waals surface area contributed by atoms with Gasteiger partial charge >= 0.3 is 0 Å². The zero-order valence-electron chi connectivity index (χ0n) is 8.67. The van der Waals surface area contributed by atoms with E-state index in [1.54, 1.807) is 6.07 Å². The fraction of sp³-hybridized carbons (Fsp3) is 0.545. The molecule has 88 valence electrons. The minimum absolute atomic E-state index is 0.0833. The van der Waals surface area contributed by atoms with Crippen LogP contribution in [0.5, 0.6) is 0 Å². The van der Waals surface area contributed by atoms with E-state index in [-0.39, 0.29) is 18.5 Å². The van der Waals surface area contributed by atoms with E-state index < -0.39 is 0 Å². The molecule has 1 aliphatic rings. The molecule has 0 amide bonds. The second kappa shape index (κ2) is 5.50. The minimum atomic E-state index is -0.0833. The van der Waals surface area contributed by atoms with Gasteiger partial charge in [-0.3, -0.25) is 4.79 Å². The standard InChI is InChI=1S/C11H12Cl2O2S/c12-10-5-8(11(13)16-10)9(14)6-15-7-3-1-2-4-7/h5,7H,1-4,6H2. The Balaban J connectivity index is 1.90. The van der Waals surface area contributed by atoms with Gasteiger partial charge in [0.05, 0.1) is 16.0 Å². The molecule has 0 atom stereocenters. The summed E-state index contributed by atoms with van der Waals surface area (Å²) in [5.41, 5.74) is 0.481. The van der Waals surface area contributed by atoms with Gasteiger partial charge in [-0.15, -0.1) is 11.3 Å². The largest absolute Gasteiger partial charge is 0.370 e. The highest BCUT2D eigenvalue weighted by molar-refractivity contribution is 7.20. The van der Waals surface area contributed by atoms with Gasteiger partial charge in [0.25, 0.3) is 0 Å². The lowest BCUT2D eigenvalue weighted by atomic mass is 10.2. The van der Waals surface area contributed by atoms with E-state index in [2.05, 4.69) is 0 Å². The van der Waals surface area contributed by atoms with Crippen LogP contribution in [0.1, 0.15) is 36.0 Å². The summed E-state index contributed by atoms with van der Waals surface area (Å²) < 4.78 is 6.52. The summed E-state index contributed by atoms with van der Waals surface area (Å²) >= 11 is 12.9. The van der Waals surface area contributed by atoms with Crippen molar-refractivity contribution in [2.45, 2.75) is 31.8 Å². The quantitative estimate of drug-likeness (QED) is 0.772. The summed E-state index contributed by atoms with van der Waals surface area (Å²) in [5, 5.41) is 0. The summed E-state index contributed by atoms with van der Waals surface area (Å²) in [6.45, 7) is 0.109. The summed E-state index contributed by atoms with van der Waals surface area (Å²) in [7, 11) is 0. The molecular formula is C11H12Cl2O2S. The second-order valence-electron chi connectivity index (χ2n) is 3.88. The van der Waals surface area contributed by atoms with Crippen LogP contribution in [0.3, 0.4) is 0 Å². The van der Waals surface area contributed by atoms with Crippen LogP contribution in [-0.2, 0) is 4.74 Å². The van der Waals surface area contributed by atoms with Crippen molar-refractivity contribution in [3.05, 3.63) is 20.3 Å². The smallest absolute Gasteiger partial charge is 0.190 e. The lowest BCUT2D eigenvalue weighted by molar-refractivity contribution is 0.0483. The summed E-state index contributed by atoms with van der Waals surface area (Å²) in [5.74, 6) is -0.0833. The van der Waals surface area contributed by atoms with E-state index in [9.17, 15) is 4.79 Å². The van der Waals surface area contributed by atoms with Crippen molar-refractivity contribution in [3.63, 3.8) is 0 Å². The molecule has 0 unspecified atom stereocenters. The van der Waals surface area contributed by atoms with Crippen molar-refractivity contribution in [2.75, 3.05) is 6.61 Å². The molecule has 1 saturated carbocycles. The predicted molar refractivity (Wildman–Crippen MR) is 66.9 cm³/mol. The molecule has 1 heterocycles. The van der Waals surface area contributed by atoms with Crippen molar-refractivity contribution in [1.82, 2.24) is 0 Å². The number of carbonyl (C=O) groups is 1. The number of rotatable bonds is 4. The first kappa shape index (κ1) is 12.4. The average molecular weight is 279 g/mol. The maximum Gasteiger partial charge on any atom is 0.190 e. The maximum atomic E-state index is 11.8. The number of hydrogen-bond acceptors (Lipinski definition) is 3. The highest BCUT2D eigenvalue weighted by Gasteiger charge is 2.19. The third-order valence-corrected chi connectivity index (χ3v) is 4.20. The Bertz CT molecular complexity index is 383. The summed E-state index contributed by atoms with van der Waals surface area (Å²) in [6.07, 6.45) is 4.77. The fourth-order valence-corrected chi connectivity index (χ4v) is 3.36. The highest BCUT2D eigenvalue weighted by Crippen LogP contribution is 2.31. The Hall–Kier alpha value is -0.0900. The number of Topliss-reactive ketones (excluding diaryl/α,β-unsaturated/α-hetero) is 1. The molecule has 1 aromatic rings. The zero-order chi connectivity index (χ0) is 11.5. The Kier molecular flexibility index (Phi) is 4.25. The second-order valence-corrected chi connectivity index (χ2v) is 6.16. The van der Waals surface area contributed by atoms with E-state index in [1.807, 2.05) is 0 Å². The van der Waals surface area contributed by atoms with Gasteiger partial charge in [-0.2, -0.15) is 0 Å². The van der Waals surface area contributed by atoms with Crippen LogP contribution in [0.15, 0.2) is 6.07 Å². The lowest BCUT2D eigenvalue weighted by Gasteiger charge is -2.09. The molecule has 0 spiro atoms. The monoisotopic (exact) mass is 278 g/mol. The molecular weight excluding hydrogens is 267 g/mol. The molecule has 0 bridgehead atoms. The predicted octanol–water partition coefficient (Wildman–Crippen LogP) is 4.20. The van der Waals surface area contributed by atoms with Crippen molar-refractivity contribution in [1.29, 1.82) is 0 Å². The summed E-state index contributed by atoms with van der Waals surface area (Å²) in [4.78, 5) is 11.8. The molecule has 2 nitrogen and oxygen atoms in total. The van der Waals surface area contributed by atoms with Crippen LogP contribution >= 0.6 is 34.5 Å². The maximum absolute atomic E-state index is 11.8. The van der Waals surface area contributed by atoms with Crippen molar-refractivity contribution in [3.8, 4) is 0 Å². The fourth-order valence-electron chi connectivity index (χ4n) is 1.86. The zero-order valence-corrected chi connectivity index (χ0v) is 11.0. The lowest BCUT2D eigenvalue weighted by Crippen LogP contribution is -2.15. The van der Waals surface area contributed by atoms with Crippen LogP contribution < -0.4 is 0 Å². The molecule has 16 heavy (non-hydrogen) atoms. The van der Waals surface area contributed by atoms with Crippen molar-refractivity contribution < 1.29 is 9.53 Å². The third-order valence-electron chi connectivity index (χ3n) is 2.71. The number of carbonyl (C=O) groups excluding carboxylic acids is 1. The van der Waals surface area contributed by atoms with E-state index >= 15 is 0 Å². The van der Waals surface area contributed by atoms with E-state index in [0.29, 0.717) is 14.2 Å². The van der Waals surface area contributed by atoms with E-state index in [1.165, 1.54) is 24.2 Å². The Morgan fingerprint density at radius 2 is 2.12 bits per heavy atom. The molecule has 5 heteroatoms. The summed E-state index contributed by atoms with van der Waals surface area (Å²) in [6, 6.07) is 1.61. The van der Waals surface area contributed by atoms with Gasteiger partial charge in [-0.1, -0.05) is 36.0 Å². The van der Waals surface area contributed by atoms with E-state index in [0.717, 1.165) is 12.8 Å². The van der Waals surface area contributed by atoms with Crippen LogP contribution in [-0.4, -0.2) is 18.5 Å². The van der Waals surface area contributed by atoms with Crippen LogP contribution in [0, 0.1) is 0 Å². The van der Waals surface area contributed by atoms with Gasteiger partial charge in [0.2, 0.25) is 0 Å². The normalized spacial score (nSPS) is 16.9. The van der Waals surface area contributed by atoms with Gasteiger partial charge in [0, 0.05) is 0 Å². The van der Waals surface area contributed by atoms with Gasteiger partial charge in [-0.25, -0.2) is 0 Å². The molecule has 0 saturated heterocycles. The SMILES string of the molecule is O=C(COC1CCCC1)c1cc(Cl)sc1Cl.